The van der Waals surface area contributed by atoms with Crippen molar-refractivity contribution in [3.63, 3.8) is 0 Å². The summed E-state index contributed by atoms with van der Waals surface area (Å²) in [5, 5.41) is 1.59. The molecule has 0 aliphatic carbocycles. The molecule has 3 nitrogen and oxygen atoms in total. The van der Waals surface area contributed by atoms with Gasteiger partial charge in [-0.15, -0.1) is 11.3 Å². The monoisotopic (exact) mass is 326 g/mol. The molecule has 1 heterocycles. The van der Waals surface area contributed by atoms with E-state index in [2.05, 4.69) is 9.38 Å². The predicted molar refractivity (Wildman–Crippen MR) is 88.0 cm³/mol. The molecule has 0 spiro atoms. The van der Waals surface area contributed by atoms with E-state index in [4.69, 9.17) is 11.6 Å². The van der Waals surface area contributed by atoms with Crippen LogP contribution in [-0.4, -0.2) is 20.5 Å². The Hall–Kier alpha value is -0.880. The summed E-state index contributed by atoms with van der Waals surface area (Å²) in [5.74, 6) is 0. The van der Waals surface area contributed by atoms with Crippen molar-refractivity contribution < 1.29 is 4.55 Å². The van der Waals surface area contributed by atoms with Crippen molar-refractivity contribution >= 4 is 40.5 Å². The third-order valence-electron chi connectivity index (χ3n) is 2.41. The molecule has 106 valence electrons. The van der Waals surface area contributed by atoms with Crippen molar-refractivity contribution in [2.75, 3.05) is 0 Å². The van der Waals surface area contributed by atoms with Gasteiger partial charge >= 0.3 is 0 Å². The molecule has 0 bridgehead atoms. The lowest BCUT2D eigenvalue weighted by molar-refractivity contribution is 0.562. The van der Waals surface area contributed by atoms with Crippen molar-refractivity contribution in [3.8, 4) is 10.6 Å². The lowest BCUT2D eigenvalue weighted by Gasteiger charge is -2.17. The largest absolute Gasteiger partial charge is 0.591 e. The summed E-state index contributed by atoms with van der Waals surface area (Å²) in [7, 11) is 0. The molecular weight excluding hydrogens is 312 g/mol. The van der Waals surface area contributed by atoms with Gasteiger partial charge in [0.05, 0.1) is 11.1 Å². The Morgan fingerprint density at radius 2 is 1.95 bits per heavy atom. The minimum Gasteiger partial charge on any atom is -0.591 e. The molecule has 0 radical (unpaired) electrons. The molecule has 0 amide bonds. The van der Waals surface area contributed by atoms with Gasteiger partial charge in [-0.25, -0.2) is 4.98 Å². The number of hydrogen-bond acceptors (Lipinski definition) is 4. The quantitative estimate of drug-likeness (QED) is 0.622. The molecule has 1 aromatic carbocycles. The zero-order valence-corrected chi connectivity index (χ0v) is 13.9. The molecule has 0 fully saturated rings. The van der Waals surface area contributed by atoms with Crippen LogP contribution in [0.1, 0.15) is 25.6 Å². The van der Waals surface area contributed by atoms with E-state index in [1.165, 1.54) is 11.3 Å². The molecule has 1 aromatic heterocycles. The average molecular weight is 327 g/mol. The number of aromatic nitrogens is 1. The Bertz CT molecular complexity index is 602. The molecule has 0 saturated heterocycles. The normalized spacial score (nSPS) is 13.8. The van der Waals surface area contributed by atoms with Gasteiger partial charge in [-0.3, -0.25) is 0 Å². The lowest BCUT2D eigenvalue weighted by Crippen LogP contribution is -2.25. The van der Waals surface area contributed by atoms with E-state index in [0.717, 1.165) is 15.4 Å². The Morgan fingerprint density at radius 3 is 2.55 bits per heavy atom. The second-order valence-electron chi connectivity index (χ2n) is 5.17. The first-order valence-corrected chi connectivity index (χ1v) is 8.34. The number of benzene rings is 1. The van der Waals surface area contributed by atoms with Crippen molar-refractivity contribution in [1.82, 2.24) is 4.98 Å². The molecule has 20 heavy (non-hydrogen) atoms. The van der Waals surface area contributed by atoms with Gasteiger partial charge in [-0.2, -0.15) is 0 Å². The highest BCUT2D eigenvalue weighted by Crippen LogP contribution is 2.26. The molecule has 0 unspecified atom stereocenters. The van der Waals surface area contributed by atoms with Gasteiger partial charge in [0.2, 0.25) is 0 Å². The summed E-state index contributed by atoms with van der Waals surface area (Å²) < 4.78 is 15.6. The fraction of sp³-hybridized carbons (Fsp3) is 0.286. The van der Waals surface area contributed by atoms with Crippen molar-refractivity contribution in [2.24, 2.45) is 4.40 Å². The maximum absolute atomic E-state index is 11.8. The Balaban J connectivity index is 2.13. The number of halogens is 1. The van der Waals surface area contributed by atoms with Crippen LogP contribution in [0.3, 0.4) is 0 Å². The maximum atomic E-state index is 11.8. The highest BCUT2D eigenvalue weighted by atomic mass is 35.5. The van der Waals surface area contributed by atoms with Crippen molar-refractivity contribution in [3.05, 3.63) is 40.4 Å². The van der Waals surface area contributed by atoms with E-state index >= 15 is 0 Å². The van der Waals surface area contributed by atoms with Gasteiger partial charge in [-0.1, -0.05) is 28.1 Å². The van der Waals surface area contributed by atoms with E-state index in [-0.39, 0.29) is 4.75 Å². The van der Waals surface area contributed by atoms with Crippen LogP contribution in [0.25, 0.3) is 10.6 Å². The summed E-state index contributed by atoms with van der Waals surface area (Å²) >= 11 is 6.12. The van der Waals surface area contributed by atoms with E-state index in [0.29, 0.717) is 5.02 Å². The highest BCUT2D eigenvalue weighted by molar-refractivity contribution is 7.91. The smallest absolute Gasteiger partial charge is 0.144 e. The number of nitrogens with zero attached hydrogens (tertiary/aromatic N) is 2. The van der Waals surface area contributed by atoms with Crippen LogP contribution < -0.4 is 0 Å². The van der Waals surface area contributed by atoms with E-state index in [1.54, 1.807) is 12.4 Å². The zero-order chi connectivity index (χ0) is 14.8. The van der Waals surface area contributed by atoms with Gasteiger partial charge in [-0.05, 0) is 32.9 Å². The second-order valence-corrected chi connectivity index (χ2v) is 8.60. The molecule has 2 rings (SSSR count). The molecule has 1 atom stereocenters. The van der Waals surface area contributed by atoms with Crippen LogP contribution in [0.15, 0.2) is 34.9 Å². The summed E-state index contributed by atoms with van der Waals surface area (Å²) in [4.78, 5) is 5.22. The fourth-order valence-electron chi connectivity index (χ4n) is 1.33. The number of rotatable bonds is 3. The second kappa shape index (κ2) is 6.26. The fourth-order valence-corrected chi connectivity index (χ4v) is 2.84. The SMILES string of the molecule is CC(C)(C)[S@@+]([O-])/N=C/c1cnc(-c2ccc(Cl)cc2)s1. The first-order chi connectivity index (χ1) is 9.36. The zero-order valence-electron chi connectivity index (χ0n) is 11.5. The van der Waals surface area contributed by atoms with E-state index in [9.17, 15) is 4.55 Å². The maximum Gasteiger partial charge on any atom is 0.144 e. The Kier molecular flexibility index (Phi) is 4.86. The first kappa shape index (κ1) is 15.5. The minimum absolute atomic E-state index is 0.347. The minimum atomic E-state index is -1.25. The van der Waals surface area contributed by atoms with Crippen LogP contribution in [0.2, 0.25) is 5.02 Å². The van der Waals surface area contributed by atoms with Gasteiger partial charge in [0.15, 0.2) is 0 Å². The van der Waals surface area contributed by atoms with Gasteiger partial charge in [0.1, 0.15) is 21.1 Å². The van der Waals surface area contributed by atoms with E-state index < -0.39 is 11.4 Å². The first-order valence-electron chi connectivity index (χ1n) is 6.04. The topological polar surface area (TPSA) is 48.3 Å². The summed E-state index contributed by atoms with van der Waals surface area (Å²) in [6.45, 7) is 5.69. The van der Waals surface area contributed by atoms with Crippen molar-refractivity contribution in [1.29, 1.82) is 0 Å². The average Bonchev–Trinajstić information content (AvgIpc) is 2.84. The third kappa shape index (κ3) is 4.06. The third-order valence-corrected chi connectivity index (χ3v) is 4.99. The molecule has 0 saturated carbocycles. The molecule has 0 aliphatic heterocycles. The van der Waals surface area contributed by atoms with Crippen LogP contribution >= 0.6 is 22.9 Å². The highest BCUT2D eigenvalue weighted by Gasteiger charge is 2.25. The van der Waals surface area contributed by atoms with Gasteiger partial charge < -0.3 is 4.55 Å². The summed E-state index contributed by atoms with van der Waals surface area (Å²) in [5.41, 5.74) is 1.01. The Morgan fingerprint density at radius 1 is 1.30 bits per heavy atom. The predicted octanol–water partition coefficient (Wildman–Crippen LogP) is 4.34. The number of hydrogen-bond donors (Lipinski definition) is 0. The van der Waals surface area contributed by atoms with Crippen molar-refractivity contribution in [2.45, 2.75) is 25.5 Å². The van der Waals surface area contributed by atoms with Gasteiger partial charge in [0.25, 0.3) is 0 Å². The molecule has 2 aromatic rings. The molecule has 0 N–H and O–H groups in total. The van der Waals surface area contributed by atoms with Crippen LogP contribution in [0, 0.1) is 0 Å². The van der Waals surface area contributed by atoms with E-state index in [1.807, 2.05) is 45.0 Å². The van der Waals surface area contributed by atoms with Crippen LogP contribution in [0.4, 0.5) is 0 Å². The number of thiazole rings is 1. The molecular formula is C14H15ClN2OS2. The standard InChI is InChI=1S/C14H15ClN2OS2/c1-14(2,3)20(18)17-9-12-8-16-13(19-12)10-4-6-11(15)7-5-10/h4-9H,1-3H3/b17-9+/t20-/m1/s1. The summed E-state index contributed by atoms with van der Waals surface area (Å²) in [6, 6.07) is 7.52. The molecule has 6 heteroatoms. The van der Waals surface area contributed by atoms with Crippen LogP contribution in [-0.2, 0) is 11.4 Å². The molecule has 0 aliphatic rings. The van der Waals surface area contributed by atoms with Crippen LogP contribution in [0.5, 0.6) is 0 Å². The van der Waals surface area contributed by atoms with Gasteiger partial charge in [0, 0.05) is 16.8 Å². The summed E-state index contributed by atoms with van der Waals surface area (Å²) in [6.07, 6.45) is 3.36. The lowest BCUT2D eigenvalue weighted by atomic mass is 10.2. The Labute approximate surface area is 131 Å².